The van der Waals surface area contributed by atoms with Gasteiger partial charge in [0.2, 0.25) is 0 Å². The number of carbonyl (C=O) groups excluding carboxylic acids is 1. The van der Waals surface area contributed by atoms with Crippen LogP contribution < -0.4 is 9.47 Å². The van der Waals surface area contributed by atoms with Gasteiger partial charge in [0.15, 0.2) is 0 Å². The molecule has 3 nitrogen and oxygen atoms in total. The van der Waals surface area contributed by atoms with Gasteiger partial charge in [-0.25, -0.2) is 4.79 Å². The SMILES string of the molecule is CCCCCCCCOc1cccc(OC(=O)c2ccccc2)c1. The van der Waals surface area contributed by atoms with Crippen molar-refractivity contribution in [3.05, 3.63) is 60.2 Å². The molecule has 2 aromatic carbocycles. The fourth-order valence-corrected chi connectivity index (χ4v) is 2.44. The minimum atomic E-state index is -0.358. The Balaban J connectivity index is 1.76. The molecule has 0 atom stereocenters. The Hall–Kier alpha value is -2.29. The van der Waals surface area contributed by atoms with Crippen molar-refractivity contribution in [3.8, 4) is 11.5 Å². The molecule has 24 heavy (non-hydrogen) atoms. The quantitative estimate of drug-likeness (QED) is 0.322. The maximum absolute atomic E-state index is 12.0. The molecule has 0 unspecified atom stereocenters. The summed E-state index contributed by atoms with van der Waals surface area (Å²) in [6, 6.07) is 16.2. The molecule has 0 aromatic heterocycles. The van der Waals surface area contributed by atoms with Crippen molar-refractivity contribution < 1.29 is 14.3 Å². The zero-order valence-electron chi connectivity index (χ0n) is 14.4. The molecule has 0 aliphatic carbocycles. The van der Waals surface area contributed by atoms with Gasteiger partial charge in [-0.2, -0.15) is 0 Å². The van der Waals surface area contributed by atoms with Crippen molar-refractivity contribution in [3.63, 3.8) is 0 Å². The van der Waals surface area contributed by atoms with Gasteiger partial charge in [0.1, 0.15) is 11.5 Å². The van der Waals surface area contributed by atoms with E-state index < -0.39 is 0 Å². The lowest BCUT2D eigenvalue weighted by Gasteiger charge is -2.08. The molecule has 0 aliphatic heterocycles. The van der Waals surface area contributed by atoms with Crippen molar-refractivity contribution in [1.29, 1.82) is 0 Å². The lowest BCUT2D eigenvalue weighted by Crippen LogP contribution is -2.08. The molecule has 0 saturated heterocycles. The van der Waals surface area contributed by atoms with Crippen LogP contribution in [-0.2, 0) is 0 Å². The largest absolute Gasteiger partial charge is 0.493 e. The van der Waals surface area contributed by atoms with Crippen LogP contribution in [0.5, 0.6) is 11.5 Å². The van der Waals surface area contributed by atoms with E-state index in [2.05, 4.69) is 6.92 Å². The lowest BCUT2D eigenvalue weighted by atomic mass is 10.1. The Morgan fingerprint density at radius 2 is 1.54 bits per heavy atom. The first-order valence-electron chi connectivity index (χ1n) is 8.79. The number of carbonyl (C=O) groups is 1. The summed E-state index contributed by atoms with van der Waals surface area (Å²) in [6.45, 7) is 2.92. The molecular formula is C21H26O3. The second kappa shape index (κ2) is 10.5. The summed E-state index contributed by atoms with van der Waals surface area (Å²) in [7, 11) is 0. The second-order valence-electron chi connectivity index (χ2n) is 5.85. The Morgan fingerprint density at radius 3 is 2.33 bits per heavy atom. The molecule has 0 spiro atoms. The first kappa shape index (κ1) is 18.1. The maximum Gasteiger partial charge on any atom is 0.343 e. The Labute approximate surface area is 144 Å². The van der Waals surface area contributed by atoms with Crippen LogP contribution in [0.3, 0.4) is 0 Å². The van der Waals surface area contributed by atoms with Crippen LogP contribution in [0.1, 0.15) is 55.8 Å². The van der Waals surface area contributed by atoms with Crippen LogP contribution in [0.25, 0.3) is 0 Å². The Kier molecular flexibility index (Phi) is 7.88. The fourth-order valence-electron chi connectivity index (χ4n) is 2.44. The highest BCUT2D eigenvalue weighted by atomic mass is 16.5. The van der Waals surface area contributed by atoms with Gasteiger partial charge in [0.25, 0.3) is 0 Å². The van der Waals surface area contributed by atoms with E-state index in [1.807, 2.05) is 30.3 Å². The molecule has 0 saturated carbocycles. The zero-order valence-corrected chi connectivity index (χ0v) is 14.4. The number of ether oxygens (including phenoxy) is 2. The third kappa shape index (κ3) is 6.45. The molecule has 0 radical (unpaired) electrons. The van der Waals surface area contributed by atoms with Crippen LogP contribution >= 0.6 is 0 Å². The number of unbranched alkanes of at least 4 members (excludes halogenated alkanes) is 5. The Morgan fingerprint density at radius 1 is 0.833 bits per heavy atom. The average Bonchev–Trinajstić information content (AvgIpc) is 2.62. The van der Waals surface area contributed by atoms with E-state index in [0.29, 0.717) is 17.9 Å². The number of hydrogen-bond donors (Lipinski definition) is 0. The van der Waals surface area contributed by atoms with Crippen LogP contribution in [0.4, 0.5) is 0 Å². The minimum absolute atomic E-state index is 0.358. The van der Waals surface area contributed by atoms with E-state index in [4.69, 9.17) is 9.47 Å². The standard InChI is InChI=1S/C21H26O3/c1-2-3-4-5-6-10-16-23-19-14-11-15-20(17-19)24-21(22)18-12-8-7-9-13-18/h7-9,11-15,17H,2-6,10,16H2,1H3. The molecule has 0 N–H and O–H groups in total. The summed E-state index contributed by atoms with van der Waals surface area (Å²) in [4.78, 5) is 12.0. The van der Waals surface area contributed by atoms with Crippen LogP contribution in [-0.4, -0.2) is 12.6 Å². The first-order valence-corrected chi connectivity index (χ1v) is 8.79. The zero-order chi connectivity index (χ0) is 17.0. The molecule has 0 aliphatic rings. The predicted molar refractivity (Wildman–Crippen MR) is 96.7 cm³/mol. The fraction of sp³-hybridized carbons (Fsp3) is 0.381. The van der Waals surface area contributed by atoms with Gasteiger partial charge in [0, 0.05) is 6.07 Å². The number of hydrogen-bond acceptors (Lipinski definition) is 3. The predicted octanol–water partition coefficient (Wildman–Crippen LogP) is 5.65. The Bertz CT molecular complexity index is 607. The molecule has 128 valence electrons. The number of rotatable bonds is 10. The van der Waals surface area contributed by atoms with Crippen LogP contribution in [0.2, 0.25) is 0 Å². The average molecular weight is 326 g/mol. The number of benzene rings is 2. The molecule has 2 rings (SSSR count). The van der Waals surface area contributed by atoms with Gasteiger partial charge in [-0.3, -0.25) is 0 Å². The maximum atomic E-state index is 12.0. The molecule has 0 heterocycles. The highest BCUT2D eigenvalue weighted by molar-refractivity contribution is 5.90. The molecule has 0 fully saturated rings. The first-order chi connectivity index (χ1) is 11.8. The van der Waals surface area contributed by atoms with E-state index in [1.54, 1.807) is 24.3 Å². The third-order valence-corrected chi connectivity index (χ3v) is 3.79. The lowest BCUT2D eigenvalue weighted by molar-refractivity contribution is 0.0734. The van der Waals surface area contributed by atoms with Crippen molar-refractivity contribution in [1.82, 2.24) is 0 Å². The van der Waals surface area contributed by atoms with E-state index in [0.717, 1.165) is 12.2 Å². The van der Waals surface area contributed by atoms with Crippen molar-refractivity contribution in [2.45, 2.75) is 45.4 Å². The highest BCUT2D eigenvalue weighted by Gasteiger charge is 2.08. The number of esters is 1. The van der Waals surface area contributed by atoms with Gasteiger partial charge in [-0.1, -0.05) is 63.3 Å². The van der Waals surface area contributed by atoms with E-state index in [1.165, 1.54) is 32.1 Å². The summed E-state index contributed by atoms with van der Waals surface area (Å²) >= 11 is 0. The smallest absolute Gasteiger partial charge is 0.343 e. The summed E-state index contributed by atoms with van der Waals surface area (Å²) in [5, 5.41) is 0. The van der Waals surface area contributed by atoms with Gasteiger partial charge >= 0.3 is 5.97 Å². The van der Waals surface area contributed by atoms with Crippen LogP contribution in [0.15, 0.2) is 54.6 Å². The molecule has 2 aromatic rings. The third-order valence-electron chi connectivity index (χ3n) is 3.79. The summed E-state index contributed by atoms with van der Waals surface area (Å²) in [5.41, 5.74) is 0.538. The molecule has 0 bridgehead atoms. The van der Waals surface area contributed by atoms with Crippen molar-refractivity contribution >= 4 is 5.97 Å². The molecular weight excluding hydrogens is 300 g/mol. The van der Waals surface area contributed by atoms with Gasteiger partial charge in [-0.05, 0) is 30.7 Å². The molecule has 3 heteroatoms. The normalized spacial score (nSPS) is 10.4. The minimum Gasteiger partial charge on any atom is -0.493 e. The molecule has 0 amide bonds. The van der Waals surface area contributed by atoms with Gasteiger partial charge in [0.05, 0.1) is 12.2 Å². The topological polar surface area (TPSA) is 35.5 Å². The highest BCUT2D eigenvalue weighted by Crippen LogP contribution is 2.21. The van der Waals surface area contributed by atoms with Crippen molar-refractivity contribution in [2.75, 3.05) is 6.61 Å². The van der Waals surface area contributed by atoms with Crippen molar-refractivity contribution in [2.24, 2.45) is 0 Å². The summed E-state index contributed by atoms with van der Waals surface area (Å²) < 4.78 is 11.1. The van der Waals surface area contributed by atoms with E-state index in [-0.39, 0.29) is 5.97 Å². The van der Waals surface area contributed by atoms with Gasteiger partial charge < -0.3 is 9.47 Å². The monoisotopic (exact) mass is 326 g/mol. The summed E-state index contributed by atoms with van der Waals surface area (Å²) in [5.74, 6) is 0.884. The van der Waals surface area contributed by atoms with Crippen LogP contribution in [0, 0.1) is 0 Å². The summed E-state index contributed by atoms with van der Waals surface area (Å²) in [6.07, 6.45) is 7.41. The van der Waals surface area contributed by atoms with E-state index in [9.17, 15) is 4.79 Å². The second-order valence-corrected chi connectivity index (χ2v) is 5.85. The van der Waals surface area contributed by atoms with Gasteiger partial charge in [-0.15, -0.1) is 0 Å². The van der Waals surface area contributed by atoms with E-state index >= 15 is 0 Å².